The second-order valence-electron chi connectivity index (χ2n) is 18.4. The van der Waals surface area contributed by atoms with E-state index >= 15 is 0 Å². The van der Waals surface area contributed by atoms with Gasteiger partial charge in [0, 0.05) is 18.3 Å². The lowest BCUT2D eigenvalue weighted by molar-refractivity contribution is -0.152. The third kappa shape index (κ3) is 27.4. The van der Waals surface area contributed by atoms with Crippen LogP contribution >= 0.6 is 0 Å². The van der Waals surface area contributed by atoms with Gasteiger partial charge in [-0.1, -0.05) is 193 Å². The van der Waals surface area contributed by atoms with E-state index < -0.39 is 0 Å². The number of ether oxygens (including phenoxy) is 2. The van der Waals surface area contributed by atoms with Gasteiger partial charge in [0.25, 0.3) is 0 Å². The van der Waals surface area contributed by atoms with Crippen molar-refractivity contribution in [3.63, 3.8) is 0 Å². The molecule has 0 amide bonds. The van der Waals surface area contributed by atoms with E-state index in [0.717, 1.165) is 38.5 Å². The Morgan fingerprint density at radius 2 is 0.763 bits per heavy atom. The van der Waals surface area contributed by atoms with Gasteiger partial charge in [-0.25, -0.2) is 0 Å². The number of unbranched alkanes of at least 4 members (excludes halogenated alkanes) is 22. The Morgan fingerprint density at radius 3 is 1.05 bits per heavy atom. The van der Waals surface area contributed by atoms with E-state index in [2.05, 4.69) is 26.0 Å². The van der Waals surface area contributed by atoms with E-state index in [1.54, 1.807) is 12.1 Å². The molecule has 6 nitrogen and oxygen atoms in total. The number of aromatic hydroxyl groups is 2. The smallest absolute Gasteiger partial charge is 0.305 e. The van der Waals surface area contributed by atoms with Crippen molar-refractivity contribution in [2.45, 2.75) is 232 Å². The number of phenols is 2. The molecule has 6 heteroatoms. The minimum atomic E-state index is -0.385. The summed E-state index contributed by atoms with van der Waals surface area (Å²) in [4.78, 5) is 24.7. The first-order valence-electron chi connectivity index (χ1n) is 24.5. The Hall–Kier alpha value is -3.02. The summed E-state index contributed by atoms with van der Waals surface area (Å²) in [5.74, 6) is 1.57. The lowest BCUT2D eigenvalue weighted by atomic mass is 9.90. The van der Waals surface area contributed by atoms with E-state index in [0.29, 0.717) is 36.2 Å². The summed E-state index contributed by atoms with van der Waals surface area (Å²) in [6.07, 6.45) is 35.3. The molecule has 0 saturated heterocycles. The van der Waals surface area contributed by atoms with E-state index in [-0.39, 0.29) is 30.6 Å². The standard InChI is InChI=1S/C53H88O6/c1-5-45(47-35-31-37-49(54)41-47)33-27-23-19-15-11-7-9-13-17-21-25-29-39-51(56)58-43-53(3,4)44-59-52(57)40-30-26-22-18-14-10-8-12-16-20-24-28-34-46(6-2)48-36-32-38-50(55)42-48/h31-32,35-38,41-42,45-46,54-55H,5-30,33-34,39-40,43-44H2,1-4H3. The van der Waals surface area contributed by atoms with Crippen LogP contribution in [0.3, 0.4) is 0 Å². The van der Waals surface area contributed by atoms with Crippen molar-refractivity contribution in [2.24, 2.45) is 5.41 Å². The number of rotatable bonds is 38. The topological polar surface area (TPSA) is 93.1 Å². The molecule has 0 aromatic heterocycles. The molecule has 0 heterocycles. The quantitative estimate of drug-likeness (QED) is 0.0518. The lowest BCUT2D eigenvalue weighted by Crippen LogP contribution is -2.28. The summed E-state index contributed by atoms with van der Waals surface area (Å²) in [7, 11) is 0. The Morgan fingerprint density at radius 1 is 0.475 bits per heavy atom. The van der Waals surface area contributed by atoms with Crippen LogP contribution in [0.5, 0.6) is 11.5 Å². The first-order valence-corrected chi connectivity index (χ1v) is 24.5. The summed E-state index contributed by atoms with van der Waals surface area (Å²) < 4.78 is 11.1. The lowest BCUT2D eigenvalue weighted by Gasteiger charge is -2.23. The molecule has 0 fully saturated rings. The number of carbonyl (C=O) groups is 2. The van der Waals surface area contributed by atoms with Gasteiger partial charge in [0.2, 0.25) is 0 Å². The minimum Gasteiger partial charge on any atom is -0.508 e. The summed E-state index contributed by atoms with van der Waals surface area (Å²) >= 11 is 0. The van der Waals surface area contributed by atoms with E-state index in [1.165, 1.54) is 152 Å². The maximum absolute atomic E-state index is 12.3. The summed E-state index contributed by atoms with van der Waals surface area (Å²) in [6.45, 7) is 9.01. The van der Waals surface area contributed by atoms with Crippen LogP contribution in [-0.2, 0) is 19.1 Å². The van der Waals surface area contributed by atoms with Gasteiger partial charge in [0.05, 0.1) is 13.2 Å². The molecule has 59 heavy (non-hydrogen) atoms. The fraction of sp³-hybridized carbons (Fsp3) is 0.736. The van der Waals surface area contributed by atoms with Crippen molar-refractivity contribution in [1.82, 2.24) is 0 Å². The number of hydrogen-bond donors (Lipinski definition) is 2. The predicted octanol–water partition coefficient (Wildman–Crippen LogP) is 15.8. The summed E-state index contributed by atoms with van der Waals surface area (Å²) in [5.41, 5.74) is 2.16. The molecule has 0 aliphatic carbocycles. The molecule has 0 spiro atoms. The van der Waals surface area contributed by atoms with Gasteiger partial charge in [0.1, 0.15) is 11.5 Å². The molecule has 2 N–H and O–H groups in total. The molecule has 336 valence electrons. The summed E-state index contributed by atoms with van der Waals surface area (Å²) in [5, 5.41) is 19.5. The van der Waals surface area contributed by atoms with Crippen molar-refractivity contribution >= 4 is 11.9 Å². The van der Waals surface area contributed by atoms with Crippen LogP contribution < -0.4 is 0 Å². The van der Waals surface area contributed by atoms with Crippen LogP contribution in [0, 0.1) is 5.41 Å². The third-order valence-corrected chi connectivity index (χ3v) is 12.3. The van der Waals surface area contributed by atoms with Gasteiger partial charge in [-0.15, -0.1) is 0 Å². The molecule has 2 unspecified atom stereocenters. The summed E-state index contributed by atoms with van der Waals surface area (Å²) in [6, 6.07) is 15.6. The van der Waals surface area contributed by atoms with Crippen LogP contribution in [0.25, 0.3) is 0 Å². The maximum atomic E-state index is 12.3. The molecule has 2 atom stereocenters. The van der Waals surface area contributed by atoms with Crippen molar-refractivity contribution in [3.05, 3.63) is 59.7 Å². The van der Waals surface area contributed by atoms with Crippen molar-refractivity contribution in [3.8, 4) is 11.5 Å². The second kappa shape index (κ2) is 33.7. The Kier molecular flexibility index (Phi) is 29.7. The first kappa shape index (κ1) is 52.1. The number of carbonyl (C=O) groups excluding carboxylic acids is 2. The fourth-order valence-corrected chi connectivity index (χ4v) is 8.36. The zero-order chi connectivity index (χ0) is 42.8. The predicted molar refractivity (Wildman–Crippen MR) is 247 cm³/mol. The third-order valence-electron chi connectivity index (χ3n) is 12.3. The van der Waals surface area contributed by atoms with Crippen LogP contribution in [-0.4, -0.2) is 35.4 Å². The highest BCUT2D eigenvalue weighted by atomic mass is 16.5. The fourth-order valence-electron chi connectivity index (χ4n) is 8.36. The Balaban J connectivity index is 1.31. The number of benzene rings is 2. The van der Waals surface area contributed by atoms with E-state index in [1.807, 2.05) is 38.1 Å². The average Bonchev–Trinajstić information content (AvgIpc) is 3.22. The Labute approximate surface area is 362 Å². The molecule has 0 aliphatic rings. The van der Waals surface area contributed by atoms with E-state index in [4.69, 9.17) is 9.47 Å². The largest absolute Gasteiger partial charge is 0.508 e. The molecule has 2 aromatic carbocycles. The molecule has 0 radical (unpaired) electrons. The normalized spacial score (nSPS) is 12.7. The highest BCUT2D eigenvalue weighted by Crippen LogP contribution is 2.30. The van der Waals surface area contributed by atoms with Gasteiger partial charge in [-0.05, 0) is 85.8 Å². The maximum Gasteiger partial charge on any atom is 0.305 e. The molecule has 0 aliphatic heterocycles. The highest BCUT2D eigenvalue weighted by Gasteiger charge is 2.23. The molecule has 0 saturated carbocycles. The minimum absolute atomic E-state index is 0.145. The highest BCUT2D eigenvalue weighted by molar-refractivity contribution is 5.69. The van der Waals surface area contributed by atoms with Crippen molar-refractivity contribution < 1.29 is 29.3 Å². The molecule has 0 bridgehead atoms. The zero-order valence-electron chi connectivity index (χ0n) is 38.4. The van der Waals surface area contributed by atoms with Crippen LogP contribution in [0.15, 0.2) is 48.5 Å². The van der Waals surface area contributed by atoms with Gasteiger partial charge < -0.3 is 19.7 Å². The first-order chi connectivity index (χ1) is 28.6. The van der Waals surface area contributed by atoms with Crippen molar-refractivity contribution in [1.29, 1.82) is 0 Å². The molecule has 2 aromatic rings. The number of esters is 2. The van der Waals surface area contributed by atoms with Crippen LogP contribution in [0.2, 0.25) is 0 Å². The number of hydrogen-bond acceptors (Lipinski definition) is 6. The molecular formula is C53H88O6. The van der Waals surface area contributed by atoms with Gasteiger partial charge in [0.15, 0.2) is 0 Å². The second-order valence-corrected chi connectivity index (χ2v) is 18.4. The molecule has 2 rings (SSSR count). The monoisotopic (exact) mass is 821 g/mol. The van der Waals surface area contributed by atoms with Crippen LogP contribution in [0.1, 0.15) is 243 Å². The van der Waals surface area contributed by atoms with Crippen LogP contribution in [0.4, 0.5) is 0 Å². The zero-order valence-corrected chi connectivity index (χ0v) is 38.4. The average molecular weight is 821 g/mol. The van der Waals surface area contributed by atoms with Gasteiger partial charge in [-0.2, -0.15) is 0 Å². The van der Waals surface area contributed by atoms with E-state index in [9.17, 15) is 19.8 Å². The Bertz CT molecular complexity index is 1240. The van der Waals surface area contributed by atoms with Crippen molar-refractivity contribution in [2.75, 3.05) is 13.2 Å². The van der Waals surface area contributed by atoms with Gasteiger partial charge >= 0.3 is 11.9 Å². The van der Waals surface area contributed by atoms with Gasteiger partial charge in [-0.3, -0.25) is 9.59 Å². The number of phenolic OH excluding ortho intramolecular Hbond substituents is 2. The SMILES string of the molecule is CCC(CCCCCCCCCCCCCCC(=O)OCC(C)(C)COC(=O)CCCCCCCCCCCCCCC(CC)c1cccc(O)c1)c1cccc(O)c1. The molecular weight excluding hydrogens is 733 g/mol.